The summed E-state index contributed by atoms with van der Waals surface area (Å²) in [6.45, 7) is 0. The van der Waals surface area contributed by atoms with Gasteiger partial charge >= 0.3 is 0 Å². The predicted molar refractivity (Wildman–Crippen MR) is 77.7 cm³/mol. The number of hydrogen-bond donors (Lipinski definition) is 2. The molecule has 0 unspecified atom stereocenters. The number of fused-ring (bicyclic) bond motifs is 1. The highest BCUT2D eigenvalue weighted by Crippen LogP contribution is 2.18. The molecular weight excluding hydrogens is 276 g/mol. The van der Waals surface area contributed by atoms with Crippen molar-refractivity contribution in [3.05, 3.63) is 53.3 Å². The monoisotopic (exact) mass is 286 g/mol. The minimum Gasteiger partial charge on any atom is -0.361 e. The van der Waals surface area contributed by atoms with Gasteiger partial charge in [0, 0.05) is 17.1 Å². The summed E-state index contributed by atoms with van der Waals surface area (Å²) in [7, 11) is 0. The van der Waals surface area contributed by atoms with Crippen LogP contribution in [0, 0.1) is 0 Å². The van der Waals surface area contributed by atoms with Gasteiger partial charge in [-0.3, -0.25) is 4.79 Å². The highest BCUT2D eigenvalue weighted by Gasteiger charge is 2.09. The second kappa shape index (κ2) is 5.30. The van der Waals surface area contributed by atoms with Crippen LogP contribution in [-0.2, 0) is 11.2 Å². The van der Waals surface area contributed by atoms with E-state index < -0.39 is 0 Å². The molecule has 0 saturated carbocycles. The topological polar surface area (TPSA) is 70.7 Å². The molecule has 20 heavy (non-hydrogen) atoms. The number of rotatable bonds is 3. The minimum atomic E-state index is -0.147. The highest BCUT2D eigenvalue weighted by molar-refractivity contribution is 6.29. The van der Waals surface area contributed by atoms with E-state index >= 15 is 0 Å². The van der Waals surface area contributed by atoms with Gasteiger partial charge in [-0.2, -0.15) is 0 Å². The summed E-state index contributed by atoms with van der Waals surface area (Å²) >= 11 is 5.64. The van der Waals surface area contributed by atoms with Crippen molar-refractivity contribution >= 4 is 34.2 Å². The molecule has 0 aliphatic rings. The fourth-order valence-electron chi connectivity index (χ4n) is 2.02. The molecule has 0 spiro atoms. The number of nitrogens with zero attached hydrogens (tertiary/aromatic N) is 2. The summed E-state index contributed by atoms with van der Waals surface area (Å²) < 4.78 is 0. The SMILES string of the molecule is O=C(Cc1c[nH]c2ccccc12)Nc1ccc(Cl)nn1. The Morgan fingerprint density at radius 3 is 2.85 bits per heavy atom. The van der Waals surface area contributed by atoms with Crippen molar-refractivity contribution in [2.45, 2.75) is 6.42 Å². The van der Waals surface area contributed by atoms with Crippen molar-refractivity contribution in [3.8, 4) is 0 Å². The van der Waals surface area contributed by atoms with Gasteiger partial charge in [0.05, 0.1) is 6.42 Å². The number of carbonyl (C=O) groups is 1. The van der Waals surface area contributed by atoms with Gasteiger partial charge in [-0.05, 0) is 23.8 Å². The maximum atomic E-state index is 12.0. The van der Waals surface area contributed by atoms with Gasteiger partial charge in [-0.25, -0.2) is 0 Å². The Bertz CT molecular complexity index is 751. The predicted octanol–water partition coefficient (Wildman–Crippen LogP) is 2.79. The average molecular weight is 287 g/mol. The van der Waals surface area contributed by atoms with Crippen LogP contribution in [0.4, 0.5) is 5.82 Å². The lowest BCUT2D eigenvalue weighted by Crippen LogP contribution is -2.15. The van der Waals surface area contributed by atoms with Gasteiger partial charge in [0.15, 0.2) is 11.0 Å². The molecule has 5 nitrogen and oxygen atoms in total. The van der Waals surface area contributed by atoms with Crippen molar-refractivity contribution in [2.24, 2.45) is 0 Å². The largest absolute Gasteiger partial charge is 0.361 e. The lowest BCUT2D eigenvalue weighted by molar-refractivity contribution is -0.115. The van der Waals surface area contributed by atoms with Crippen molar-refractivity contribution in [1.82, 2.24) is 15.2 Å². The summed E-state index contributed by atoms with van der Waals surface area (Å²) in [4.78, 5) is 15.1. The molecular formula is C14H11ClN4O. The third-order valence-corrected chi connectivity index (χ3v) is 3.13. The molecule has 0 atom stereocenters. The molecule has 0 radical (unpaired) electrons. The smallest absolute Gasteiger partial charge is 0.230 e. The zero-order chi connectivity index (χ0) is 13.9. The fraction of sp³-hybridized carbons (Fsp3) is 0.0714. The maximum Gasteiger partial charge on any atom is 0.230 e. The first kappa shape index (κ1) is 12.6. The molecule has 0 bridgehead atoms. The minimum absolute atomic E-state index is 0.147. The van der Waals surface area contributed by atoms with E-state index in [9.17, 15) is 4.79 Å². The van der Waals surface area contributed by atoms with Crippen molar-refractivity contribution < 1.29 is 4.79 Å². The maximum absolute atomic E-state index is 12.0. The van der Waals surface area contributed by atoms with Crippen LogP contribution < -0.4 is 5.32 Å². The quantitative estimate of drug-likeness (QED) is 0.778. The summed E-state index contributed by atoms with van der Waals surface area (Å²) in [6, 6.07) is 11.0. The summed E-state index contributed by atoms with van der Waals surface area (Å²) in [5.74, 6) is 0.241. The Hall–Kier alpha value is -2.40. The summed E-state index contributed by atoms with van der Waals surface area (Å²) in [6.07, 6.45) is 2.12. The third-order valence-electron chi connectivity index (χ3n) is 2.93. The first-order valence-corrected chi connectivity index (χ1v) is 6.44. The number of halogens is 1. The third kappa shape index (κ3) is 2.62. The van der Waals surface area contributed by atoms with E-state index in [-0.39, 0.29) is 12.3 Å². The molecule has 3 aromatic rings. The van der Waals surface area contributed by atoms with Crippen LogP contribution in [0.1, 0.15) is 5.56 Å². The number of benzene rings is 1. The van der Waals surface area contributed by atoms with E-state index in [1.54, 1.807) is 12.1 Å². The van der Waals surface area contributed by atoms with E-state index in [1.165, 1.54) is 0 Å². The van der Waals surface area contributed by atoms with E-state index in [0.717, 1.165) is 16.5 Å². The first-order valence-electron chi connectivity index (χ1n) is 6.06. The van der Waals surface area contributed by atoms with Gasteiger partial charge in [-0.1, -0.05) is 29.8 Å². The van der Waals surface area contributed by atoms with Gasteiger partial charge in [0.1, 0.15) is 0 Å². The Kier molecular flexibility index (Phi) is 3.35. The zero-order valence-corrected chi connectivity index (χ0v) is 11.2. The normalized spacial score (nSPS) is 10.7. The molecule has 0 aliphatic heterocycles. The van der Waals surface area contributed by atoms with Crippen LogP contribution >= 0.6 is 11.6 Å². The number of aromatic amines is 1. The van der Waals surface area contributed by atoms with Crippen LogP contribution in [0.3, 0.4) is 0 Å². The van der Waals surface area contributed by atoms with Crippen LogP contribution in [0.25, 0.3) is 10.9 Å². The second-order valence-corrected chi connectivity index (χ2v) is 4.71. The van der Waals surface area contributed by atoms with Crippen LogP contribution in [0.15, 0.2) is 42.6 Å². The molecule has 2 heterocycles. The molecule has 0 fully saturated rings. The Labute approximate surface area is 120 Å². The number of nitrogens with one attached hydrogen (secondary N) is 2. The average Bonchev–Trinajstić information content (AvgIpc) is 2.85. The number of carbonyl (C=O) groups excluding carboxylic acids is 1. The van der Waals surface area contributed by atoms with Crippen molar-refractivity contribution in [3.63, 3.8) is 0 Å². The lowest BCUT2D eigenvalue weighted by Gasteiger charge is -2.03. The fourth-order valence-corrected chi connectivity index (χ4v) is 2.12. The van der Waals surface area contributed by atoms with Gasteiger partial charge in [0.25, 0.3) is 0 Å². The molecule has 0 saturated heterocycles. The molecule has 2 N–H and O–H groups in total. The summed E-state index contributed by atoms with van der Waals surface area (Å²) in [5.41, 5.74) is 1.96. The molecule has 2 aromatic heterocycles. The van der Waals surface area contributed by atoms with E-state index in [2.05, 4.69) is 20.5 Å². The first-order chi connectivity index (χ1) is 9.72. The number of amides is 1. The highest BCUT2D eigenvalue weighted by atomic mass is 35.5. The number of H-pyrrole nitrogens is 1. The number of hydrogen-bond acceptors (Lipinski definition) is 3. The molecule has 100 valence electrons. The molecule has 3 rings (SSSR count). The zero-order valence-electron chi connectivity index (χ0n) is 10.4. The van der Waals surface area contributed by atoms with Gasteiger partial charge in [-0.15, -0.1) is 10.2 Å². The lowest BCUT2D eigenvalue weighted by atomic mass is 10.1. The standard InChI is InChI=1S/C14H11ClN4O/c15-12-5-6-13(19-18-12)17-14(20)7-9-8-16-11-4-2-1-3-10(9)11/h1-6,8,16H,7H2,(H,17,19,20). The van der Waals surface area contributed by atoms with Crippen LogP contribution in [0.2, 0.25) is 5.15 Å². The molecule has 1 amide bonds. The Morgan fingerprint density at radius 2 is 2.05 bits per heavy atom. The molecule has 0 aliphatic carbocycles. The molecule has 6 heteroatoms. The molecule has 1 aromatic carbocycles. The Balaban J connectivity index is 1.74. The Morgan fingerprint density at radius 1 is 1.20 bits per heavy atom. The number of para-hydroxylation sites is 1. The van der Waals surface area contributed by atoms with Crippen LogP contribution in [-0.4, -0.2) is 21.1 Å². The van der Waals surface area contributed by atoms with Crippen LogP contribution in [0.5, 0.6) is 0 Å². The van der Waals surface area contributed by atoms with E-state index in [1.807, 2.05) is 30.5 Å². The summed E-state index contributed by atoms with van der Waals surface area (Å²) in [5, 5.41) is 11.5. The van der Waals surface area contributed by atoms with Crippen molar-refractivity contribution in [2.75, 3.05) is 5.32 Å². The second-order valence-electron chi connectivity index (χ2n) is 4.33. The van der Waals surface area contributed by atoms with Gasteiger partial charge in [0.2, 0.25) is 5.91 Å². The van der Waals surface area contributed by atoms with E-state index in [4.69, 9.17) is 11.6 Å². The van der Waals surface area contributed by atoms with Gasteiger partial charge < -0.3 is 10.3 Å². The van der Waals surface area contributed by atoms with E-state index in [0.29, 0.717) is 11.0 Å². The number of anilines is 1. The van der Waals surface area contributed by atoms with Crippen molar-refractivity contribution in [1.29, 1.82) is 0 Å². The number of aromatic nitrogens is 3.